The summed E-state index contributed by atoms with van der Waals surface area (Å²) in [7, 11) is 0. The fourth-order valence-corrected chi connectivity index (χ4v) is 8.71. The van der Waals surface area contributed by atoms with Gasteiger partial charge < -0.3 is 18.6 Å². The second-order valence-corrected chi connectivity index (χ2v) is 15.2. The second kappa shape index (κ2) is 12.9. The number of benzene rings is 8. The van der Waals surface area contributed by atoms with Crippen LogP contribution in [0.15, 0.2) is 197 Å². The Morgan fingerprint density at radius 3 is 1.82 bits per heavy atom. The second-order valence-electron chi connectivity index (χ2n) is 15.2. The largest absolute Gasteiger partial charge is 0.456 e. The molecule has 0 aliphatic heterocycles. The van der Waals surface area contributed by atoms with Crippen LogP contribution in [0.1, 0.15) is 25.0 Å². The predicted octanol–water partition coefficient (Wildman–Crippen LogP) is 14.6. The zero-order valence-corrected chi connectivity index (χ0v) is 31.6. The molecule has 5 heteroatoms. The van der Waals surface area contributed by atoms with Gasteiger partial charge in [0.15, 0.2) is 5.58 Å². The molecule has 0 fully saturated rings. The number of aromatic nitrogens is 1. The van der Waals surface area contributed by atoms with Gasteiger partial charge in [0, 0.05) is 50.6 Å². The smallest absolute Gasteiger partial charge is 0.227 e. The molecule has 2 heterocycles. The number of furan rings is 1. The molecule has 0 radical (unpaired) electrons. The van der Waals surface area contributed by atoms with Crippen LogP contribution in [0.4, 0.5) is 34.1 Å². The van der Waals surface area contributed by atoms with Gasteiger partial charge >= 0.3 is 0 Å². The van der Waals surface area contributed by atoms with Crippen molar-refractivity contribution < 1.29 is 8.83 Å². The predicted molar refractivity (Wildman–Crippen MR) is 234 cm³/mol. The molecular formula is C52H37N3O2. The van der Waals surface area contributed by atoms with Crippen molar-refractivity contribution in [3.05, 3.63) is 199 Å². The van der Waals surface area contributed by atoms with E-state index in [-0.39, 0.29) is 5.41 Å². The van der Waals surface area contributed by atoms with E-state index in [0.717, 1.165) is 67.1 Å². The van der Waals surface area contributed by atoms with Gasteiger partial charge in [-0.3, -0.25) is 0 Å². The molecule has 0 spiro atoms. The third kappa shape index (κ3) is 5.35. The summed E-state index contributed by atoms with van der Waals surface area (Å²) in [4.78, 5) is 9.87. The quantitative estimate of drug-likeness (QED) is 0.163. The van der Waals surface area contributed by atoms with Crippen LogP contribution in [0.25, 0.3) is 55.6 Å². The third-order valence-corrected chi connectivity index (χ3v) is 11.5. The summed E-state index contributed by atoms with van der Waals surface area (Å²) in [6.07, 6.45) is 0. The average Bonchev–Trinajstić information content (AvgIpc) is 3.93. The maximum absolute atomic E-state index is 6.76. The molecule has 57 heavy (non-hydrogen) atoms. The van der Waals surface area contributed by atoms with Gasteiger partial charge in [0.05, 0.1) is 11.4 Å². The summed E-state index contributed by atoms with van der Waals surface area (Å²) in [5, 5.41) is 2.13. The Hall–Kier alpha value is -7.37. The zero-order chi connectivity index (χ0) is 38.1. The molecular weight excluding hydrogens is 699 g/mol. The fraction of sp³-hybridized carbons (Fsp3) is 0.0577. The van der Waals surface area contributed by atoms with Crippen LogP contribution in [-0.4, -0.2) is 4.98 Å². The minimum atomic E-state index is -0.158. The van der Waals surface area contributed by atoms with Crippen LogP contribution in [-0.2, 0) is 5.41 Å². The number of rotatable bonds is 7. The van der Waals surface area contributed by atoms with Crippen LogP contribution < -0.4 is 9.80 Å². The molecule has 8 aromatic carbocycles. The van der Waals surface area contributed by atoms with Crippen molar-refractivity contribution in [2.75, 3.05) is 9.80 Å². The monoisotopic (exact) mass is 735 g/mol. The van der Waals surface area contributed by atoms with Gasteiger partial charge in [0.1, 0.15) is 16.7 Å². The first kappa shape index (κ1) is 33.0. The van der Waals surface area contributed by atoms with Crippen LogP contribution in [0.2, 0.25) is 0 Å². The molecule has 1 aliphatic carbocycles. The highest BCUT2D eigenvalue weighted by Crippen LogP contribution is 2.52. The zero-order valence-electron chi connectivity index (χ0n) is 31.6. The fourth-order valence-electron chi connectivity index (χ4n) is 8.71. The van der Waals surface area contributed by atoms with Gasteiger partial charge in [0.2, 0.25) is 5.89 Å². The molecule has 5 nitrogen and oxygen atoms in total. The molecule has 0 saturated carbocycles. The van der Waals surface area contributed by atoms with Crippen molar-refractivity contribution in [3.63, 3.8) is 0 Å². The minimum absolute atomic E-state index is 0.158. The lowest BCUT2D eigenvalue weighted by atomic mass is 9.82. The molecule has 0 N–H and O–H groups in total. The van der Waals surface area contributed by atoms with E-state index in [4.69, 9.17) is 13.8 Å². The van der Waals surface area contributed by atoms with Crippen LogP contribution >= 0.6 is 0 Å². The van der Waals surface area contributed by atoms with Crippen molar-refractivity contribution in [3.8, 4) is 22.6 Å². The first-order valence-corrected chi connectivity index (χ1v) is 19.4. The van der Waals surface area contributed by atoms with Gasteiger partial charge in [-0.2, -0.15) is 0 Å². The van der Waals surface area contributed by atoms with Crippen LogP contribution in [0.3, 0.4) is 0 Å². The Morgan fingerprint density at radius 1 is 0.421 bits per heavy atom. The summed E-state index contributed by atoms with van der Waals surface area (Å²) < 4.78 is 13.0. The van der Waals surface area contributed by atoms with Gasteiger partial charge in [0.25, 0.3) is 0 Å². The molecule has 0 unspecified atom stereocenters. The first-order valence-electron chi connectivity index (χ1n) is 19.4. The average molecular weight is 736 g/mol. The Bertz CT molecular complexity index is 3110. The van der Waals surface area contributed by atoms with E-state index in [1.54, 1.807) is 0 Å². The molecule has 0 bridgehead atoms. The summed E-state index contributed by atoms with van der Waals surface area (Å²) in [5.41, 5.74) is 15.1. The van der Waals surface area contributed by atoms with Gasteiger partial charge in [-0.25, -0.2) is 4.98 Å². The molecule has 10 aromatic rings. The van der Waals surface area contributed by atoms with Crippen molar-refractivity contribution in [1.29, 1.82) is 0 Å². The number of hydrogen-bond acceptors (Lipinski definition) is 5. The summed E-state index contributed by atoms with van der Waals surface area (Å²) in [5.74, 6) is 0.566. The number of oxazole rings is 1. The molecule has 2 aromatic heterocycles. The van der Waals surface area contributed by atoms with E-state index in [0.29, 0.717) is 11.5 Å². The molecule has 272 valence electrons. The lowest BCUT2D eigenvalue weighted by molar-refractivity contribution is 0.620. The van der Waals surface area contributed by atoms with E-state index < -0.39 is 0 Å². The van der Waals surface area contributed by atoms with Crippen molar-refractivity contribution in [2.45, 2.75) is 19.3 Å². The van der Waals surface area contributed by atoms with E-state index in [2.05, 4.69) is 169 Å². The normalized spacial score (nSPS) is 12.9. The first-order chi connectivity index (χ1) is 28.0. The van der Waals surface area contributed by atoms with Crippen LogP contribution in [0, 0.1) is 0 Å². The summed E-state index contributed by atoms with van der Waals surface area (Å²) >= 11 is 0. The highest BCUT2D eigenvalue weighted by Gasteiger charge is 2.36. The number of fused-ring (bicyclic) bond motifs is 7. The molecule has 0 saturated heterocycles. The number of nitrogens with zero attached hydrogens (tertiary/aromatic N) is 3. The standard InChI is InChI=1S/C52H37N3O2/c1-52(2)44-24-14-12-22-40(44)41-28-26-38(31-45(41)52)54(35-18-8-4-9-19-35)39-32-46(50-49(33-39)57-51(53-50)34-16-6-3-7-17-34)55(36-20-10-5-11-21-36)37-27-29-48-43(30-37)42-23-13-15-25-47(42)56-48/h3-33H,1-2H3. The molecule has 0 amide bonds. The Labute approximate surface area is 330 Å². The van der Waals surface area contributed by atoms with Crippen molar-refractivity contribution in [2.24, 2.45) is 0 Å². The van der Waals surface area contributed by atoms with E-state index in [1.807, 2.05) is 42.5 Å². The SMILES string of the molecule is CC1(C)c2ccccc2-c2ccc(N(c3ccccc3)c3cc(N(c4ccccc4)c4ccc5oc6ccccc6c5c4)c4nc(-c5ccccc5)oc4c3)cc21. The van der Waals surface area contributed by atoms with E-state index in [1.165, 1.54) is 22.3 Å². The Balaban J connectivity index is 1.18. The van der Waals surface area contributed by atoms with Crippen molar-refractivity contribution in [1.82, 2.24) is 4.98 Å². The summed E-state index contributed by atoms with van der Waals surface area (Å²) in [6, 6.07) is 65.9. The minimum Gasteiger partial charge on any atom is -0.456 e. The highest BCUT2D eigenvalue weighted by atomic mass is 16.3. The van der Waals surface area contributed by atoms with Crippen molar-refractivity contribution >= 4 is 67.2 Å². The van der Waals surface area contributed by atoms with Gasteiger partial charge in [-0.15, -0.1) is 0 Å². The highest BCUT2D eigenvalue weighted by molar-refractivity contribution is 6.07. The van der Waals surface area contributed by atoms with Crippen LogP contribution in [0.5, 0.6) is 0 Å². The lowest BCUT2D eigenvalue weighted by Gasteiger charge is -2.30. The van der Waals surface area contributed by atoms with E-state index >= 15 is 0 Å². The Morgan fingerprint density at radius 2 is 1.04 bits per heavy atom. The number of anilines is 6. The molecule has 1 aliphatic rings. The number of hydrogen-bond donors (Lipinski definition) is 0. The maximum Gasteiger partial charge on any atom is 0.227 e. The topological polar surface area (TPSA) is 45.7 Å². The van der Waals surface area contributed by atoms with E-state index in [9.17, 15) is 0 Å². The number of para-hydroxylation sites is 3. The Kier molecular flexibility index (Phi) is 7.45. The molecule has 0 atom stereocenters. The van der Waals surface area contributed by atoms with Gasteiger partial charge in [-0.1, -0.05) is 117 Å². The lowest BCUT2D eigenvalue weighted by Crippen LogP contribution is -2.17. The summed E-state index contributed by atoms with van der Waals surface area (Å²) in [6.45, 7) is 4.66. The molecule has 11 rings (SSSR count). The maximum atomic E-state index is 6.76. The van der Waals surface area contributed by atoms with Gasteiger partial charge in [-0.05, 0) is 101 Å². The third-order valence-electron chi connectivity index (χ3n) is 11.5.